The van der Waals surface area contributed by atoms with E-state index in [1.165, 1.54) is 0 Å². The van der Waals surface area contributed by atoms with Gasteiger partial charge in [0.15, 0.2) is 0 Å². The number of benzene rings is 1. The van der Waals surface area contributed by atoms with Crippen LogP contribution in [0.2, 0.25) is 0 Å². The Morgan fingerprint density at radius 3 is 3.10 bits per heavy atom. The van der Waals surface area contributed by atoms with Gasteiger partial charge in [-0.25, -0.2) is 0 Å². The van der Waals surface area contributed by atoms with E-state index in [4.69, 9.17) is 5.11 Å². The molecule has 1 N–H and O–H groups in total. The van der Waals surface area contributed by atoms with Gasteiger partial charge in [-0.3, -0.25) is 0 Å². The molecule has 0 fully saturated rings. The molecule has 0 unspecified atom stereocenters. The Morgan fingerprint density at radius 2 is 2.50 bits per heavy atom. The highest BCUT2D eigenvalue weighted by atomic mass is 16.3. The predicted octanol–water partition coefficient (Wildman–Crippen LogP) is 1.92. The molecule has 1 nitrogen and oxygen atoms in total. The van der Waals surface area contributed by atoms with Crippen LogP contribution in [0.15, 0.2) is 30.9 Å². The van der Waals surface area contributed by atoms with Crippen LogP contribution in [0.25, 0.3) is 0 Å². The van der Waals surface area contributed by atoms with Crippen molar-refractivity contribution in [2.75, 3.05) is 0 Å². The van der Waals surface area contributed by atoms with Crippen molar-refractivity contribution in [3.63, 3.8) is 0 Å². The van der Waals surface area contributed by atoms with Gasteiger partial charge in [0.05, 0.1) is 0 Å². The summed E-state index contributed by atoms with van der Waals surface area (Å²) in [6.07, 6.45) is 2.41. The molecule has 0 saturated heterocycles. The normalized spacial score (nSPS) is 9.20. The lowest BCUT2D eigenvalue weighted by Crippen LogP contribution is -1.80. The smallest absolute Gasteiger partial charge is 0.119 e. The van der Waals surface area contributed by atoms with Gasteiger partial charge in [0.2, 0.25) is 0 Å². The minimum absolute atomic E-state index is 0.294. The largest absolute Gasteiger partial charge is 0.508 e. The van der Waals surface area contributed by atoms with Crippen molar-refractivity contribution in [1.82, 2.24) is 0 Å². The maximum absolute atomic E-state index is 9.16. The highest BCUT2D eigenvalue weighted by molar-refractivity contribution is 5.31. The van der Waals surface area contributed by atoms with Crippen molar-refractivity contribution in [2.45, 2.75) is 6.42 Å². The molecule has 1 aromatic carbocycles. The summed E-state index contributed by atoms with van der Waals surface area (Å²) >= 11 is 0. The Kier molecular flexibility index (Phi) is 2.11. The van der Waals surface area contributed by atoms with E-state index >= 15 is 0 Å². The van der Waals surface area contributed by atoms with Gasteiger partial charge in [0, 0.05) is 5.56 Å². The standard InChI is InChI=1S/C9H9O/c1-2-5-8-6-3-4-7-9(8)10/h2-4,7,10H,1,5H2. The molecule has 51 valence electrons. The molecule has 1 rings (SSSR count). The fraction of sp³-hybridized carbons (Fsp3) is 0.111. The van der Waals surface area contributed by atoms with Crippen molar-refractivity contribution in [1.29, 1.82) is 0 Å². The molecule has 0 heterocycles. The van der Waals surface area contributed by atoms with Crippen LogP contribution in [0.3, 0.4) is 0 Å². The van der Waals surface area contributed by atoms with Crippen LogP contribution in [0.4, 0.5) is 0 Å². The number of hydrogen-bond donors (Lipinski definition) is 1. The molecule has 0 atom stereocenters. The van der Waals surface area contributed by atoms with Crippen LogP contribution >= 0.6 is 0 Å². The molecular formula is C9H9O. The van der Waals surface area contributed by atoms with E-state index in [9.17, 15) is 0 Å². The quantitative estimate of drug-likeness (QED) is 0.611. The third-order valence-corrected chi connectivity index (χ3v) is 1.27. The second-order valence-corrected chi connectivity index (χ2v) is 2.03. The first-order valence-electron chi connectivity index (χ1n) is 3.14. The van der Waals surface area contributed by atoms with Crippen molar-refractivity contribution in [3.8, 4) is 5.75 Å². The highest BCUT2D eigenvalue weighted by Crippen LogP contribution is 2.14. The molecule has 0 amide bonds. The third kappa shape index (κ3) is 1.38. The van der Waals surface area contributed by atoms with Gasteiger partial charge in [0.1, 0.15) is 5.75 Å². The highest BCUT2D eigenvalue weighted by Gasteiger charge is 1.94. The lowest BCUT2D eigenvalue weighted by atomic mass is 10.1. The summed E-state index contributed by atoms with van der Waals surface area (Å²) in [5.74, 6) is 0.294. The van der Waals surface area contributed by atoms with Crippen LogP contribution in [0, 0.1) is 6.07 Å². The maximum Gasteiger partial charge on any atom is 0.119 e. The van der Waals surface area contributed by atoms with Crippen molar-refractivity contribution in [3.05, 3.63) is 42.5 Å². The number of rotatable bonds is 2. The average molecular weight is 133 g/mol. The maximum atomic E-state index is 9.16. The van der Waals surface area contributed by atoms with Crippen LogP contribution in [-0.4, -0.2) is 5.11 Å². The average Bonchev–Trinajstić information content (AvgIpc) is 1.94. The molecule has 0 saturated carbocycles. The first kappa shape index (κ1) is 6.87. The zero-order chi connectivity index (χ0) is 7.40. The topological polar surface area (TPSA) is 20.2 Å². The van der Waals surface area contributed by atoms with Crippen LogP contribution < -0.4 is 0 Å². The molecule has 1 aromatic rings. The van der Waals surface area contributed by atoms with E-state index in [0.717, 1.165) is 5.56 Å². The number of aromatic hydroxyl groups is 1. The van der Waals surface area contributed by atoms with E-state index in [2.05, 4.69) is 12.6 Å². The molecule has 1 radical (unpaired) electrons. The SMILES string of the molecule is C=CCc1[c]cccc1O. The molecular weight excluding hydrogens is 124 g/mol. The lowest BCUT2D eigenvalue weighted by molar-refractivity contribution is 0.469. The van der Waals surface area contributed by atoms with Crippen LogP contribution in [-0.2, 0) is 6.42 Å². The third-order valence-electron chi connectivity index (χ3n) is 1.27. The van der Waals surface area contributed by atoms with E-state index in [1.54, 1.807) is 24.3 Å². The lowest BCUT2D eigenvalue weighted by Gasteiger charge is -1.97. The van der Waals surface area contributed by atoms with E-state index in [1.807, 2.05) is 0 Å². The van der Waals surface area contributed by atoms with Crippen molar-refractivity contribution < 1.29 is 5.11 Å². The summed E-state index contributed by atoms with van der Waals surface area (Å²) in [7, 11) is 0. The number of phenolic OH excluding ortho intramolecular Hbond substituents is 1. The Balaban J connectivity index is 2.91. The van der Waals surface area contributed by atoms with Gasteiger partial charge in [-0.1, -0.05) is 18.2 Å². The fourth-order valence-electron chi connectivity index (χ4n) is 0.770. The first-order valence-corrected chi connectivity index (χ1v) is 3.14. The van der Waals surface area contributed by atoms with Gasteiger partial charge in [-0.15, -0.1) is 6.58 Å². The van der Waals surface area contributed by atoms with Gasteiger partial charge in [-0.05, 0) is 18.6 Å². The van der Waals surface area contributed by atoms with E-state index in [0.29, 0.717) is 12.2 Å². The summed E-state index contributed by atoms with van der Waals surface area (Å²) in [6, 6.07) is 8.09. The summed E-state index contributed by atoms with van der Waals surface area (Å²) < 4.78 is 0. The van der Waals surface area contributed by atoms with Crippen molar-refractivity contribution in [2.24, 2.45) is 0 Å². The number of hydrogen-bond acceptors (Lipinski definition) is 1. The van der Waals surface area contributed by atoms with Gasteiger partial charge in [-0.2, -0.15) is 0 Å². The number of allylic oxidation sites excluding steroid dienone is 1. The summed E-state index contributed by atoms with van der Waals surface area (Å²) in [4.78, 5) is 0. The molecule has 0 spiro atoms. The Labute approximate surface area is 60.6 Å². The predicted molar refractivity (Wildman–Crippen MR) is 40.8 cm³/mol. The Morgan fingerprint density at radius 1 is 1.70 bits per heavy atom. The molecule has 0 aliphatic heterocycles. The molecule has 0 aliphatic rings. The fourth-order valence-corrected chi connectivity index (χ4v) is 0.770. The van der Waals surface area contributed by atoms with Gasteiger partial charge in [0.25, 0.3) is 0 Å². The van der Waals surface area contributed by atoms with Crippen molar-refractivity contribution >= 4 is 0 Å². The molecule has 0 aromatic heterocycles. The van der Waals surface area contributed by atoms with E-state index < -0.39 is 0 Å². The second-order valence-electron chi connectivity index (χ2n) is 2.03. The Bertz CT molecular complexity index is 228. The summed E-state index contributed by atoms with van der Waals surface area (Å²) in [5, 5.41) is 9.16. The number of phenols is 1. The van der Waals surface area contributed by atoms with Crippen LogP contribution in [0.1, 0.15) is 5.56 Å². The van der Waals surface area contributed by atoms with E-state index in [-0.39, 0.29) is 0 Å². The van der Waals surface area contributed by atoms with Gasteiger partial charge >= 0.3 is 0 Å². The second kappa shape index (κ2) is 3.06. The monoisotopic (exact) mass is 133 g/mol. The van der Waals surface area contributed by atoms with Gasteiger partial charge < -0.3 is 5.11 Å². The molecule has 1 heteroatoms. The summed E-state index contributed by atoms with van der Waals surface area (Å²) in [5.41, 5.74) is 0.803. The molecule has 0 aliphatic carbocycles. The zero-order valence-electron chi connectivity index (χ0n) is 5.67. The zero-order valence-corrected chi connectivity index (χ0v) is 5.67. The minimum atomic E-state index is 0.294. The first-order chi connectivity index (χ1) is 4.84. The molecule has 10 heavy (non-hydrogen) atoms. The van der Waals surface area contributed by atoms with Crippen LogP contribution in [0.5, 0.6) is 5.75 Å². The minimum Gasteiger partial charge on any atom is -0.508 e. The Hall–Kier alpha value is -1.24. The summed E-state index contributed by atoms with van der Waals surface area (Å²) in [6.45, 7) is 3.57. The molecule has 0 bridgehead atoms.